The van der Waals surface area contributed by atoms with Crippen molar-refractivity contribution in [2.24, 2.45) is 0 Å². The number of hydrogen-bond acceptors (Lipinski definition) is 4. The molecule has 4 nitrogen and oxygen atoms in total. The summed E-state index contributed by atoms with van der Waals surface area (Å²) >= 11 is 0.131. The van der Waals surface area contributed by atoms with Gasteiger partial charge in [0.1, 0.15) is 0 Å². The summed E-state index contributed by atoms with van der Waals surface area (Å²) < 4.78 is 7.83. The van der Waals surface area contributed by atoms with E-state index in [4.69, 9.17) is 9.51 Å². The molecule has 2 aliphatic carbocycles. The van der Waals surface area contributed by atoms with E-state index in [1.54, 1.807) is 0 Å². The third-order valence-corrected chi connectivity index (χ3v) is 10.9. The Hall–Kier alpha value is -0.105. The van der Waals surface area contributed by atoms with E-state index in [9.17, 15) is 0 Å². The fourth-order valence-corrected chi connectivity index (χ4v) is 8.89. The molecule has 4 rings (SSSR count). The SMILES string of the molecule is [B](C1CCCCCCCC1)N1CC[I-]C(c2noc(C3CCCCCCCCCC3)n2)C1. The molecule has 0 aromatic carbocycles. The Kier molecular flexibility index (Phi) is 11.2. The first-order valence-corrected chi connectivity index (χ1v) is 16.7. The van der Waals surface area contributed by atoms with E-state index in [1.165, 1.54) is 127 Å². The molecule has 1 atom stereocenters. The number of nitrogens with zero attached hydrogens (tertiary/aromatic N) is 3. The number of halogens is 1. The molecular formula is C26H45BIN3O-. The Morgan fingerprint density at radius 3 is 1.94 bits per heavy atom. The van der Waals surface area contributed by atoms with Crippen LogP contribution in [0, 0.1) is 0 Å². The summed E-state index contributed by atoms with van der Waals surface area (Å²) in [7, 11) is 2.62. The van der Waals surface area contributed by atoms with Crippen molar-refractivity contribution in [3.8, 4) is 0 Å². The quantitative estimate of drug-likeness (QED) is 0.321. The first-order valence-electron chi connectivity index (χ1n) is 13.9. The molecule has 1 saturated heterocycles. The van der Waals surface area contributed by atoms with Crippen molar-refractivity contribution in [2.45, 2.75) is 131 Å². The molecule has 32 heavy (non-hydrogen) atoms. The molecule has 1 aromatic heterocycles. The normalized spacial score (nSPS) is 27.3. The molecule has 181 valence electrons. The molecule has 1 radical (unpaired) electrons. The minimum absolute atomic E-state index is 0.131. The average Bonchev–Trinajstić information content (AvgIpc) is 3.32. The number of alkyl halides is 2. The van der Waals surface area contributed by atoms with Crippen LogP contribution in [0.1, 0.15) is 137 Å². The molecule has 0 bridgehead atoms. The maximum absolute atomic E-state index is 5.91. The number of hydrogen-bond donors (Lipinski definition) is 0. The topological polar surface area (TPSA) is 42.2 Å². The summed E-state index contributed by atoms with van der Waals surface area (Å²) in [6, 6.07) is 0. The fraction of sp³-hybridized carbons (Fsp3) is 0.923. The predicted molar refractivity (Wildman–Crippen MR) is 129 cm³/mol. The molecule has 2 saturated carbocycles. The van der Waals surface area contributed by atoms with Crippen molar-refractivity contribution in [3.63, 3.8) is 0 Å². The molecular weight excluding hydrogens is 508 g/mol. The second-order valence-electron chi connectivity index (χ2n) is 10.5. The Morgan fingerprint density at radius 2 is 1.31 bits per heavy atom. The third-order valence-electron chi connectivity index (χ3n) is 7.83. The van der Waals surface area contributed by atoms with Crippen LogP contribution in [0.5, 0.6) is 0 Å². The molecule has 0 N–H and O–H groups in total. The summed E-state index contributed by atoms with van der Waals surface area (Å²) in [5, 5.41) is 4.55. The van der Waals surface area contributed by atoms with Gasteiger partial charge in [-0.05, 0) is 0 Å². The first kappa shape index (κ1) is 25.0. The Balaban J connectivity index is 1.31. The second-order valence-corrected chi connectivity index (χ2v) is 14.0. The summed E-state index contributed by atoms with van der Waals surface area (Å²) in [5.41, 5.74) is 0. The summed E-state index contributed by atoms with van der Waals surface area (Å²) in [5.74, 6) is 3.28. The molecule has 0 spiro atoms. The molecule has 0 amide bonds. The van der Waals surface area contributed by atoms with Crippen LogP contribution in [0.15, 0.2) is 4.52 Å². The summed E-state index contributed by atoms with van der Waals surface area (Å²) in [6.45, 7) is 2.39. The van der Waals surface area contributed by atoms with E-state index < -0.39 is 0 Å². The van der Waals surface area contributed by atoms with Gasteiger partial charge >= 0.3 is 209 Å². The second kappa shape index (κ2) is 14.3. The molecule has 3 aliphatic rings. The van der Waals surface area contributed by atoms with Crippen molar-refractivity contribution in [2.75, 3.05) is 17.5 Å². The third kappa shape index (κ3) is 8.28. The first-order chi connectivity index (χ1) is 15.9. The molecule has 6 heteroatoms. The number of aromatic nitrogens is 2. The van der Waals surface area contributed by atoms with E-state index in [-0.39, 0.29) is 21.2 Å². The number of rotatable bonds is 4. The van der Waals surface area contributed by atoms with Gasteiger partial charge in [0.2, 0.25) is 0 Å². The van der Waals surface area contributed by atoms with Crippen LogP contribution in [0.25, 0.3) is 0 Å². The Morgan fingerprint density at radius 1 is 0.750 bits per heavy atom. The van der Waals surface area contributed by atoms with Crippen LogP contribution >= 0.6 is 0 Å². The molecule has 1 aromatic rings. The van der Waals surface area contributed by atoms with E-state index in [1.807, 2.05) is 0 Å². The van der Waals surface area contributed by atoms with Gasteiger partial charge in [0.05, 0.1) is 0 Å². The van der Waals surface area contributed by atoms with Crippen LogP contribution in [0.2, 0.25) is 5.82 Å². The van der Waals surface area contributed by atoms with Gasteiger partial charge in [-0.3, -0.25) is 0 Å². The van der Waals surface area contributed by atoms with Crippen molar-refractivity contribution in [3.05, 3.63) is 11.7 Å². The molecule has 1 unspecified atom stereocenters. The van der Waals surface area contributed by atoms with Gasteiger partial charge < -0.3 is 0 Å². The van der Waals surface area contributed by atoms with Gasteiger partial charge in [-0.1, -0.05) is 0 Å². The van der Waals surface area contributed by atoms with E-state index in [2.05, 4.69) is 17.4 Å². The van der Waals surface area contributed by atoms with Crippen LogP contribution in [0.3, 0.4) is 0 Å². The summed E-state index contributed by atoms with van der Waals surface area (Å²) in [6.07, 6.45) is 24.9. The van der Waals surface area contributed by atoms with Gasteiger partial charge in [-0.25, -0.2) is 0 Å². The summed E-state index contributed by atoms with van der Waals surface area (Å²) in [4.78, 5) is 7.68. The van der Waals surface area contributed by atoms with E-state index >= 15 is 0 Å². The molecule has 2 heterocycles. The van der Waals surface area contributed by atoms with E-state index in [0.29, 0.717) is 9.84 Å². The molecule has 3 fully saturated rings. The Bertz CT molecular complexity index is 620. The zero-order valence-electron chi connectivity index (χ0n) is 20.3. The van der Waals surface area contributed by atoms with Crippen LogP contribution in [-0.2, 0) is 0 Å². The van der Waals surface area contributed by atoms with E-state index in [0.717, 1.165) is 24.1 Å². The maximum atomic E-state index is 5.91. The Labute approximate surface area is 208 Å². The van der Waals surface area contributed by atoms with Gasteiger partial charge in [0.15, 0.2) is 0 Å². The standard InChI is InChI=1S/C26H45BIN3O/c1-2-4-8-12-16-22(15-11-7-3-1)26-29-25(30-32-26)24-21-31(20-19-28-24)27-23-17-13-9-5-6-10-14-18-23/h22-24H,1-21H2/q-1. The van der Waals surface area contributed by atoms with Crippen molar-refractivity contribution in [1.82, 2.24) is 15.0 Å². The average molecular weight is 553 g/mol. The van der Waals surface area contributed by atoms with Crippen LogP contribution in [-0.4, -0.2) is 39.9 Å². The predicted octanol–water partition coefficient (Wildman–Crippen LogP) is 4.06. The zero-order valence-corrected chi connectivity index (χ0v) is 22.4. The van der Waals surface area contributed by atoms with Crippen LogP contribution in [0.4, 0.5) is 0 Å². The van der Waals surface area contributed by atoms with Gasteiger partial charge in [0, 0.05) is 0 Å². The van der Waals surface area contributed by atoms with Crippen molar-refractivity contribution in [1.29, 1.82) is 0 Å². The molecule has 1 aliphatic heterocycles. The van der Waals surface area contributed by atoms with Gasteiger partial charge in [-0.15, -0.1) is 0 Å². The van der Waals surface area contributed by atoms with Gasteiger partial charge in [-0.2, -0.15) is 0 Å². The van der Waals surface area contributed by atoms with Gasteiger partial charge in [0.25, 0.3) is 0 Å². The van der Waals surface area contributed by atoms with Crippen LogP contribution < -0.4 is 21.2 Å². The fourth-order valence-electron chi connectivity index (χ4n) is 5.81. The monoisotopic (exact) mass is 553 g/mol. The zero-order chi connectivity index (χ0) is 21.8. The minimum atomic E-state index is 0.131. The van der Waals surface area contributed by atoms with Crippen molar-refractivity contribution >= 4 is 7.41 Å². The van der Waals surface area contributed by atoms with Crippen molar-refractivity contribution < 1.29 is 25.7 Å².